The lowest BCUT2D eigenvalue weighted by Gasteiger charge is -2.37. The van der Waals surface area contributed by atoms with Crippen LogP contribution in [0.2, 0.25) is 0 Å². The van der Waals surface area contributed by atoms with Gasteiger partial charge in [0, 0.05) is 13.0 Å². The van der Waals surface area contributed by atoms with Gasteiger partial charge in [-0.25, -0.2) is 22.4 Å². The molecule has 0 heterocycles. The maximum atomic E-state index is 13.7. The normalized spacial score (nSPS) is 14.7. The third-order valence-electron chi connectivity index (χ3n) is 4.64. The largest absolute Gasteiger partial charge is 0.465 e. The third kappa shape index (κ3) is 6.89. The Balaban J connectivity index is 5.13. The molecule has 0 aliphatic rings. The molecular formula is C16H17F16NO2. The number of carboxylic acid groups (broad SMARTS) is 1. The Morgan fingerprint density at radius 1 is 0.629 bits per heavy atom. The summed E-state index contributed by atoms with van der Waals surface area (Å²) in [5.41, 5.74) is 0. The van der Waals surface area contributed by atoms with Crippen molar-refractivity contribution in [3.63, 3.8) is 0 Å². The van der Waals surface area contributed by atoms with Crippen molar-refractivity contribution in [3.8, 4) is 0 Å². The number of carbonyl (C=O) groups is 1. The topological polar surface area (TPSA) is 40.5 Å². The van der Waals surface area contributed by atoms with E-state index in [2.05, 4.69) is 0 Å². The molecule has 0 aromatic heterocycles. The molecule has 0 atom stereocenters. The molecule has 0 unspecified atom stereocenters. The molecule has 0 aromatic carbocycles. The summed E-state index contributed by atoms with van der Waals surface area (Å²) >= 11 is 0. The number of hydrogen-bond acceptors (Lipinski definition) is 1. The van der Waals surface area contributed by atoms with Gasteiger partial charge in [0.2, 0.25) is 0 Å². The van der Waals surface area contributed by atoms with Gasteiger partial charge in [-0.1, -0.05) is 12.8 Å². The second-order valence-electron chi connectivity index (χ2n) is 7.27. The molecule has 0 aliphatic heterocycles. The predicted molar refractivity (Wildman–Crippen MR) is 84.4 cm³/mol. The Kier molecular flexibility index (Phi) is 10.5. The van der Waals surface area contributed by atoms with Crippen LogP contribution in [0, 0.1) is 0 Å². The monoisotopic (exact) mass is 559 g/mol. The molecule has 0 rings (SSSR count). The molecule has 0 aliphatic carbocycles. The maximum Gasteiger partial charge on any atom is 0.407 e. The van der Waals surface area contributed by atoms with Gasteiger partial charge < -0.3 is 10.0 Å². The number of amides is 1. The van der Waals surface area contributed by atoms with Crippen LogP contribution in [0.4, 0.5) is 75.0 Å². The second kappa shape index (κ2) is 11.0. The summed E-state index contributed by atoms with van der Waals surface area (Å²) in [5.74, 6) is -38.6. The smallest absolute Gasteiger partial charge is 0.407 e. The lowest BCUT2D eigenvalue weighted by molar-refractivity contribution is -0.383. The first-order chi connectivity index (χ1) is 15.4. The molecule has 0 saturated carbocycles. The van der Waals surface area contributed by atoms with E-state index in [4.69, 9.17) is 5.11 Å². The van der Waals surface area contributed by atoms with Crippen LogP contribution in [0.25, 0.3) is 0 Å². The van der Waals surface area contributed by atoms with Gasteiger partial charge in [-0.2, -0.15) is 52.7 Å². The summed E-state index contributed by atoms with van der Waals surface area (Å²) < 4.78 is 206. The molecule has 0 fully saturated rings. The fourth-order valence-electron chi connectivity index (χ4n) is 2.49. The van der Waals surface area contributed by atoms with E-state index in [1.807, 2.05) is 0 Å². The second-order valence-corrected chi connectivity index (χ2v) is 7.27. The highest BCUT2D eigenvalue weighted by Crippen LogP contribution is 2.54. The van der Waals surface area contributed by atoms with E-state index in [-0.39, 0.29) is 0 Å². The molecule has 0 aromatic rings. The van der Waals surface area contributed by atoms with Crippen LogP contribution >= 0.6 is 0 Å². The van der Waals surface area contributed by atoms with E-state index in [9.17, 15) is 75.0 Å². The van der Waals surface area contributed by atoms with Crippen LogP contribution in [-0.2, 0) is 0 Å². The van der Waals surface area contributed by atoms with Gasteiger partial charge >= 0.3 is 54.5 Å². The lowest BCUT2D eigenvalue weighted by Crippen LogP contribution is -2.66. The fourth-order valence-corrected chi connectivity index (χ4v) is 2.49. The number of halogens is 16. The van der Waals surface area contributed by atoms with E-state index in [0.717, 1.165) is 0 Å². The first kappa shape index (κ1) is 33.1. The Labute approximate surface area is 186 Å². The average Bonchev–Trinajstić information content (AvgIpc) is 2.68. The summed E-state index contributed by atoms with van der Waals surface area (Å²) in [6, 6.07) is 0. The Morgan fingerprint density at radius 3 is 1.46 bits per heavy atom. The van der Waals surface area contributed by atoms with Gasteiger partial charge in [-0.15, -0.1) is 0 Å². The number of nitrogens with zero attached hydrogens (tertiary/aromatic N) is 1. The quantitative estimate of drug-likeness (QED) is 0.170. The van der Waals surface area contributed by atoms with Gasteiger partial charge in [0.15, 0.2) is 0 Å². The molecule has 0 saturated heterocycles. The fraction of sp³-hybridized carbons (Fsp3) is 0.938. The molecule has 1 amide bonds. The first-order valence-electron chi connectivity index (χ1n) is 9.21. The van der Waals surface area contributed by atoms with Crippen LogP contribution in [-0.4, -0.2) is 77.6 Å². The third-order valence-corrected chi connectivity index (χ3v) is 4.64. The number of hydrogen-bond donors (Lipinski definition) is 1. The minimum atomic E-state index is -7.33. The summed E-state index contributed by atoms with van der Waals surface area (Å²) in [6.45, 7) is -4.09. The highest BCUT2D eigenvalue weighted by molar-refractivity contribution is 5.65. The van der Waals surface area contributed by atoms with Crippen LogP contribution in [0.3, 0.4) is 0 Å². The SMILES string of the molecule is O=C(O)N(CCCCCCC(F)(F)C(F)(F)C(F)F)CC(F)(F)C(F)(F)C(F)(F)C(F)(F)C(F)F. The van der Waals surface area contributed by atoms with Crippen molar-refractivity contribution in [2.45, 2.75) is 80.5 Å². The van der Waals surface area contributed by atoms with E-state index in [0.29, 0.717) is 0 Å². The number of unbranched alkanes of at least 4 members (excludes halogenated alkanes) is 3. The summed E-state index contributed by atoms with van der Waals surface area (Å²) in [6.07, 6.45) is -17.0. The van der Waals surface area contributed by atoms with Crippen LogP contribution in [0.1, 0.15) is 32.1 Å². The summed E-state index contributed by atoms with van der Waals surface area (Å²) in [5, 5.41) is 8.74. The molecule has 210 valence electrons. The van der Waals surface area contributed by atoms with Crippen molar-refractivity contribution < 1.29 is 80.1 Å². The van der Waals surface area contributed by atoms with Crippen molar-refractivity contribution in [2.24, 2.45) is 0 Å². The molecule has 0 spiro atoms. The molecule has 19 heteroatoms. The van der Waals surface area contributed by atoms with E-state index < -0.39 is 105 Å². The maximum absolute atomic E-state index is 13.7. The molecule has 35 heavy (non-hydrogen) atoms. The van der Waals surface area contributed by atoms with Gasteiger partial charge in [-0.05, 0) is 12.8 Å². The highest BCUT2D eigenvalue weighted by atomic mass is 19.4. The predicted octanol–water partition coefficient (Wildman–Crippen LogP) is 7.26. The van der Waals surface area contributed by atoms with Crippen molar-refractivity contribution in [1.82, 2.24) is 4.90 Å². The Bertz CT molecular complexity index is 697. The minimum absolute atomic E-state index is 0.471. The standard InChI is InChI=1S/C16H17F16NO2/c17-8(18)13(25,26)11(21,22)5-3-1-2-4-6-33(10(34)35)7-12(23,24)15(29,30)16(31,32)14(27,28)9(19)20/h8-9H,1-7H2,(H,34,35). The van der Waals surface area contributed by atoms with E-state index in [1.54, 1.807) is 0 Å². The zero-order chi connectivity index (χ0) is 28.3. The van der Waals surface area contributed by atoms with Crippen molar-refractivity contribution in [3.05, 3.63) is 0 Å². The number of rotatable bonds is 15. The highest BCUT2D eigenvalue weighted by Gasteiger charge is 2.83. The zero-order valence-corrected chi connectivity index (χ0v) is 17.0. The van der Waals surface area contributed by atoms with Crippen LogP contribution < -0.4 is 0 Å². The Hall–Kier alpha value is -1.85. The molecular weight excluding hydrogens is 542 g/mol. The van der Waals surface area contributed by atoms with Gasteiger partial charge in [0.05, 0.1) is 6.54 Å². The van der Waals surface area contributed by atoms with Crippen LogP contribution in [0.5, 0.6) is 0 Å². The number of alkyl halides is 16. The molecule has 1 N–H and O–H groups in total. The van der Waals surface area contributed by atoms with E-state index >= 15 is 0 Å². The lowest BCUT2D eigenvalue weighted by atomic mass is 9.98. The average molecular weight is 559 g/mol. The first-order valence-corrected chi connectivity index (χ1v) is 9.21. The van der Waals surface area contributed by atoms with Crippen LogP contribution in [0.15, 0.2) is 0 Å². The van der Waals surface area contributed by atoms with Gasteiger partial charge in [0.25, 0.3) is 0 Å². The zero-order valence-electron chi connectivity index (χ0n) is 17.0. The molecule has 3 nitrogen and oxygen atoms in total. The van der Waals surface area contributed by atoms with Crippen molar-refractivity contribution in [2.75, 3.05) is 13.1 Å². The van der Waals surface area contributed by atoms with E-state index in [1.165, 1.54) is 0 Å². The van der Waals surface area contributed by atoms with Crippen molar-refractivity contribution in [1.29, 1.82) is 0 Å². The summed E-state index contributed by atoms with van der Waals surface area (Å²) in [7, 11) is 0. The summed E-state index contributed by atoms with van der Waals surface area (Å²) in [4.78, 5) is 10.2. The van der Waals surface area contributed by atoms with Crippen molar-refractivity contribution >= 4 is 6.09 Å². The molecule has 0 radical (unpaired) electrons. The van der Waals surface area contributed by atoms with Gasteiger partial charge in [0.1, 0.15) is 0 Å². The Morgan fingerprint density at radius 2 is 1.06 bits per heavy atom. The van der Waals surface area contributed by atoms with Gasteiger partial charge in [-0.3, -0.25) is 0 Å². The molecule has 0 bridgehead atoms. The minimum Gasteiger partial charge on any atom is -0.465 e.